The Balaban J connectivity index is 1.46. The van der Waals surface area contributed by atoms with E-state index in [2.05, 4.69) is 29.0 Å². The number of anilines is 1. The van der Waals surface area contributed by atoms with Gasteiger partial charge in [-0.25, -0.2) is 0 Å². The van der Waals surface area contributed by atoms with Crippen LogP contribution in [0.2, 0.25) is 0 Å². The van der Waals surface area contributed by atoms with Crippen molar-refractivity contribution < 1.29 is 9.90 Å². The maximum absolute atomic E-state index is 12.4. The zero-order valence-corrected chi connectivity index (χ0v) is 15.4. The highest BCUT2D eigenvalue weighted by atomic mass is 16.3. The number of para-hydroxylation sites is 2. The number of rotatable bonds is 4. The minimum atomic E-state index is 0.155. The first-order chi connectivity index (χ1) is 12.0. The van der Waals surface area contributed by atoms with Gasteiger partial charge in [-0.1, -0.05) is 38.8 Å². The van der Waals surface area contributed by atoms with E-state index in [-0.39, 0.29) is 5.91 Å². The van der Waals surface area contributed by atoms with Gasteiger partial charge in [-0.3, -0.25) is 9.69 Å². The van der Waals surface area contributed by atoms with E-state index in [1.165, 1.54) is 12.8 Å². The molecule has 1 amide bonds. The summed E-state index contributed by atoms with van der Waals surface area (Å²) in [6, 6.07) is 7.79. The standard InChI is InChI=1S/C20H31N3O2/c1-15-6-5-7-17(16(15)2)21-20(25)14-22-10-12-23(13-11-22)18-8-3-4-9-19(18)24/h3-4,8-9,15-17,24H,5-7,10-14H2,1-2H3,(H,21,25)/t15-,16+,17-/m0/s1. The fourth-order valence-corrected chi connectivity index (χ4v) is 4.12. The molecule has 1 heterocycles. The second-order valence-corrected chi connectivity index (χ2v) is 7.69. The van der Waals surface area contributed by atoms with Crippen molar-refractivity contribution in [3.05, 3.63) is 24.3 Å². The normalized spacial score (nSPS) is 27.9. The number of aromatic hydroxyl groups is 1. The van der Waals surface area contributed by atoms with Gasteiger partial charge in [-0.15, -0.1) is 0 Å². The van der Waals surface area contributed by atoms with E-state index >= 15 is 0 Å². The van der Waals surface area contributed by atoms with E-state index in [1.54, 1.807) is 6.07 Å². The van der Waals surface area contributed by atoms with Crippen molar-refractivity contribution >= 4 is 11.6 Å². The summed E-state index contributed by atoms with van der Waals surface area (Å²) >= 11 is 0. The molecule has 0 aromatic heterocycles. The number of nitrogens with one attached hydrogen (secondary N) is 1. The Morgan fingerprint density at radius 1 is 1.16 bits per heavy atom. The maximum Gasteiger partial charge on any atom is 0.234 e. The summed E-state index contributed by atoms with van der Waals surface area (Å²) < 4.78 is 0. The summed E-state index contributed by atoms with van der Waals surface area (Å²) in [6.07, 6.45) is 3.61. The van der Waals surface area contributed by atoms with E-state index < -0.39 is 0 Å². The fourth-order valence-electron chi connectivity index (χ4n) is 4.12. The molecule has 2 aliphatic rings. The van der Waals surface area contributed by atoms with E-state index in [4.69, 9.17) is 0 Å². The minimum absolute atomic E-state index is 0.155. The van der Waals surface area contributed by atoms with Gasteiger partial charge >= 0.3 is 0 Å². The summed E-state index contributed by atoms with van der Waals surface area (Å²) in [6.45, 7) is 8.40. The highest BCUT2D eigenvalue weighted by molar-refractivity contribution is 5.78. The molecule has 0 bridgehead atoms. The van der Waals surface area contributed by atoms with Gasteiger partial charge in [0, 0.05) is 32.2 Å². The molecular formula is C20H31N3O2. The van der Waals surface area contributed by atoms with Crippen LogP contribution in [0.5, 0.6) is 5.75 Å². The zero-order chi connectivity index (χ0) is 17.8. The van der Waals surface area contributed by atoms with Crippen LogP contribution < -0.4 is 10.2 Å². The monoisotopic (exact) mass is 345 g/mol. The number of amides is 1. The van der Waals surface area contributed by atoms with Gasteiger partial charge in [0.25, 0.3) is 0 Å². The minimum Gasteiger partial charge on any atom is -0.506 e. The van der Waals surface area contributed by atoms with E-state index in [0.29, 0.717) is 30.2 Å². The summed E-state index contributed by atoms with van der Waals surface area (Å²) in [5, 5.41) is 13.2. The second kappa shape index (κ2) is 8.09. The summed E-state index contributed by atoms with van der Waals surface area (Å²) in [7, 11) is 0. The third-order valence-corrected chi connectivity index (χ3v) is 6.02. The van der Waals surface area contributed by atoms with Gasteiger partial charge in [0.15, 0.2) is 0 Å². The molecule has 138 valence electrons. The largest absolute Gasteiger partial charge is 0.506 e. The Hall–Kier alpha value is -1.75. The van der Waals surface area contributed by atoms with E-state index in [0.717, 1.165) is 38.3 Å². The highest BCUT2D eigenvalue weighted by Gasteiger charge is 2.29. The first kappa shape index (κ1) is 18.1. The molecule has 1 aromatic carbocycles. The molecule has 1 saturated carbocycles. The summed E-state index contributed by atoms with van der Waals surface area (Å²) in [5.41, 5.74) is 0.886. The number of phenols is 1. The number of phenolic OH excluding ortho intramolecular Hbond substituents is 1. The van der Waals surface area contributed by atoms with Gasteiger partial charge in [0.05, 0.1) is 12.2 Å². The van der Waals surface area contributed by atoms with Crippen molar-refractivity contribution in [1.82, 2.24) is 10.2 Å². The molecule has 0 unspecified atom stereocenters. The zero-order valence-electron chi connectivity index (χ0n) is 15.4. The molecule has 1 aliphatic carbocycles. The van der Waals surface area contributed by atoms with Crippen molar-refractivity contribution in [2.75, 3.05) is 37.6 Å². The number of hydrogen-bond donors (Lipinski definition) is 2. The van der Waals surface area contributed by atoms with Gasteiger partial charge < -0.3 is 15.3 Å². The van der Waals surface area contributed by atoms with Crippen molar-refractivity contribution in [2.45, 2.75) is 39.2 Å². The van der Waals surface area contributed by atoms with Crippen LogP contribution in [-0.4, -0.2) is 54.7 Å². The lowest BCUT2D eigenvalue weighted by Gasteiger charge is -2.37. The van der Waals surface area contributed by atoms with Crippen LogP contribution >= 0.6 is 0 Å². The van der Waals surface area contributed by atoms with E-state index in [9.17, 15) is 9.90 Å². The van der Waals surface area contributed by atoms with Crippen LogP contribution in [0.15, 0.2) is 24.3 Å². The van der Waals surface area contributed by atoms with Crippen LogP contribution in [0, 0.1) is 11.8 Å². The van der Waals surface area contributed by atoms with Crippen LogP contribution in [-0.2, 0) is 4.79 Å². The van der Waals surface area contributed by atoms with E-state index in [1.807, 2.05) is 18.2 Å². The Labute approximate surface area is 151 Å². The van der Waals surface area contributed by atoms with Gasteiger partial charge in [-0.05, 0) is 30.4 Å². The average molecular weight is 345 g/mol. The molecular weight excluding hydrogens is 314 g/mol. The molecule has 3 rings (SSSR count). The molecule has 1 aliphatic heterocycles. The Kier molecular flexibility index (Phi) is 5.84. The van der Waals surface area contributed by atoms with Crippen molar-refractivity contribution in [1.29, 1.82) is 0 Å². The molecule has 1 saturated heterocycles. The molecule has 5 heteroatoms. The molecule has 2 N–H and O–H groups in total. The van der Waals surface area contributed by atoms with Gasteiger partial charge in [0.2, 0.25) is 5.91 Å². The molecule has 0 radical (unpaired) electrons. The first-order valence-corrected chi connectivity index (χ1v) is 9.59. The average Bonchev–Trinajstić information content (AvgIpc) is 2.60. The molecule has 25 heavy (non-hydrogen) atoms. The van der Waals surface area contributed by atoms with Crippen molar-refractivity contribution in [3.8, 4) is 5.75 Å². The van der Waals surface area contributed by atoms with Crippen LogP contribution in [0.3, 0.4) is 0 Å². The smallest absolute Gasteiger partial charge is 0.234 e. The van der Waals surface area contributed by atoms with Crippen LogP contribution in [0.4, 0.5) is 5.69 Å². The summed E-state index contributed by atoms with van der Waals surface area (Å²) in [4.78, 5) is 16.8. The number of benzene rings is 1. The Morgan fingerprint density at radius 2 is 1.88 bits per heavy atom. The predicted octanol–water partition coefficient (Wildman–Crippen LogP) is 2.46. The molecule has 3 atom stereocenters. The molecule has 1 aromatic rings. The van der Waals surface area contributed by atoms with Gasteiger partial charge in [0.1, 0.15) is 5.75 Å². The fraction of sp³-hybridized carbons (Fsp3) is 0.650. The van der Waals surface area contributed by atoms with Crippen LogP contribution in [0.1, 0.15) is 33.1 Å². The maximum atomic E-state index is 12.4. The van der Waals surface area contributed by atoms with Crippen molar-refractivity contribution in [3.63, 3.8) is 0 Å². The molecule has 2 fully saturated rings. The highest BCUT2D eigenvalue weighted by Crippen LogP contribution is 2.29. The number of hydrogen-bond acceptors (Lipinski definition) is 4. The third-order valence-electron chi connectivity index (χ3n) is 6.02. The topological polar surface area (TPSA) is 55.8 Å². The lowest BCUT2D eigenvalue weighted by molar-refractivity contribution is -0.123. The summed E-state index contributed by atoms with van der Waals surface area (Å²) in [5.74, 6) is 1.74. The van der Waals surface area contributed by atoms with Gasteiger partial charge in [-0.2, -0.15) is 0 Å². The number of piperazine rings is 1. The molecule has 0 spiro atoms. The number of nitrogens with zero attached hydrogens (tertiary/aromatic N) is 2. The Morgan fingerprint density at radius 3 is 2.60 bits per heavy atom. The number of carbonyl (C=O) groups is 1. The predicted molar refractivity (Wildman–Crippen MR) is 101 cm³/mol. The molecule has 5 nitrogen and oxygen atoms in total. The third kappa shape index (κ3) is 4.46. The Bertz CT molecular complexity index is 584. The van der Waals surface area contributed by atoms with Crippen molar-refractivity contribution in [2.24, 2.45) is 11.8 Å². The van der Waals surface area contributed by atoms with Crippen LogP contribution in [0.25, 0.3) is 0 Å². The second-order valence-electron chi connectivity index (χ2n) is 7.69. The SMILES string of the molecule is C[C@H]1[C@@H](NC(=O)CN2CCN(c3ccccc3O)CC2)CCC[C@@H]1C. The number of carbonyl (C=O) groups excluding carboxylic acids is 1. The first-order valence-electron chi connectivity index (χ1n) is 9.59. The lowest BCUT2D eigenvalue weighted by Crippen LogP contribution is -2.52. The quantitative estimate of drug-likeness (QED) is 0.880. The lowest BCUT2D eigenvalue weighted by atomic mass is 9.78.